The van der Waals surface area contributed by atoms with Crippen LogP contribution in [0.1, 0.15) is 16.6 Å². The third-order valence-corrected chi connectivity index (χ3v) is 3.54. The van der Waals surface area contributed by atoms with Crippen molar-refractivity contribution in [2.75, 3.05) is 24.3 Å². The van der Waals surface area contributed by atoms with Crippen LogP contribution in [0.2, 0.25) is 0 Å². The number of nitrogen functional groups attached to an aromatic ring is 1. The van der Waals surface area contributed by atoms with E-state index in [1.54, 1.807) is 6.92 Å². The quantitative estimate of drug-likeness (QED) is 0.802. The van der Waals surface area contributed by atoms with Crippen molar-refractivity contribution in [2.24, 2.45) is 0 Å². The predicted octanol–water partition coefficient (Wildman–Crippen LogP) is 2.97. The fourth-order valence-corrected chi connectivity index (χ4v) is 2.37. The molecule has 0 atom stereocenters. The molecule has 1 heterocycles. The molecule has 0 amide bonds. The maximum atomic E-state index is 13.1. The summed E-state index contributed by atoms with van der Waals surface area (Å²) in [5, 5.41) is 3.09. The van der Waals surface area contributed by atoms with E-state index >= 15 is 0 Å². The summed E-state index contributed by atoms with van der Waals surface area (Å²) < 4.78 is 31.0. The fraction of sp³-hybridized carbons (Fsp3) is 0.231. The Labute approximate surface area is 123 Å². The van der Waals surface area contributed by atoms with Gasteiger partial charge in [-0.1, -0.05) is 11.3 Å². The van der Waals surface area contributed by atoms with Gasteiger partial charge in [0.15, 0.2) is 16.8 Å². The number of thiazole rings is 1. The second-order valence-corrected chi connectivity index (χ2v) is 5.05. The van der Waals surface area contributed by atoms with E-state index in [9.17, 15) is 13.6 Å². The zero-order valence-electron chi connectivity index (χ0n) is 11.2. The molecule has 0 bridgehead atoms. The zero-order chi connectivity index (χ0) is 15.4. The highest BCUT2D eigenvalue weighted by Crippen LogP contribution is 2.28. The minimum atomic E-state index is -0.975. The predicted molar refractivity (Wildman–Crippen MR) is 77.0 cm³/mol. The largest absolute Gasteiger partial charge is 0.382 e. The average molecular weight is 313 g/mol. The maximum Gasteiger partial charge on any atom is 0.202 e. The molecule has 0 saturated heterocycles. The second-order valence-electron chi connectivity index (χ2n) is 4.05. The van der Waals surface area contributed by atoms with Crippen LogP contribution >= 0.6 is 11.3 Å². The number of aromatic nitrogens is 1. The van der Waals surface area contributed by atoms with Crippen molar-refractivity contribution in [3.05, 3.63) is 34.7 Å². The molecule has 1 aromatic heterocycles. The van der Waals surface area contributed by atoms with Crippen LogP contribution in [0.25, 0.3) is 0 Å². The third kappa shape index (κ3) is 3.73. The van der Waals surface area contributed by atoms with E-state index in [2.05, 4.69) is 10.3 Å². The summed E-state index contributed by atoms with van der Waals surface area (Å²) in [7, 11) is 0. The molecule has 21 heavy (non-hydrogen) atoms. The van der Waals surface area contributed by atoms with E-state index in [1.807, 2.05) is 0 Å². The summed E-state index contributed by atoms with van der Waals surface area (Å²) in [4.78, 5) is 16.1. The molecule has 0 fully saturated rings. The van der Waals surface area contributed by atoms with E-state index in [0.717, 1.165) is 23.5 Å². The standard InChI is InChI=1S/C13H13F2N3O2S/c1-2-20-6-10(19)11-12(16)18-13(21-11)17-7-3-4-8(14)9(15)5-7/h3-5H,2,6,16H2,1H3,(H,17,18). The van der Waals surface area contributed by atoms with Crippen LogP contribution in [0, 0.1) is 11.6 Å². The first-order valence-electron chi connectivity index (χ1n) is 6.10. The van der Waals surface area contributed by atoms with Gasteiger partial charge in [0.1, 0.15) is 17.3 Å². The highest BCUT2D eigenvalue weighted by atomic mass is 32.1. The highest BCUT2D eigenvalue weighted by molar-refractivity contribution is 7.18. The number of halogens is 2. The molecular formula is C13H13F2N3O2S. The Balaban J connectivity index is 2.14. The topological polar surface area (TPSA) is 77.2 Å². The van der Waals surface area contributed by atoms with Crippen LogP contribution in [-0.4, -0.2) is 24.0 Å². The van der Waals surface area contributed by atoms with E-state index in [1.165, 1.54) is 6.07 Å². The number of benzene rings is 1. The molecule has 2 aromatic rings. The Bertz CT molecular complexity index is 661. The van der Waals surface area contributed by atoms with Crippen molar-refractivity contribution in [1.29, 1.82) is 0 Å². The number of ether oxygens (including phenoxy) is 1. The van der Waals surface area contributed by atoms with Crippen molar-refractivity contribution < 1.29 is 18.3 Å². The lowest BCUT2D eigenvalue weighted by Crippen LogP contribution is -2.09. The summed E-state index contributed by atoms with van der Waals surface area (Å²) in [5.41, 5.74) is 5.98. The normalized spacial score (nSPS) is 10.6. The van der Waals surface area contributed by atoms with E-state index in [-0.39, 0.29) is 23.1 Å². The first-order chi connectivity index (χ1) is 10.0. The molecule has 0 radical (unpaired) electrons. The lowest BCUT2D eigenvalue weighted by Gasteiger charge is -2.02. The molecule has 112 valence electrons. The fourth-order valence-electron chi connectivity index (χ4n) is 1.54. The monoisotopic (exact) mass is 313 g/mol. The Hall–Kier alpha value is -2.06. The molecule has 8 heteroatoms. The van der Waals surface area contributed by atoms with Gasteiger partial charge in [-0.25, -0.2) is 13.8 Å². The lowest BCUT2D eigenvalue weighted by molar-refractivity contribution is 0.0788. The number of hydrogen-bond donors (Lipinski definition) is 2. The summed E-state index contributed by atoms with van der Waals surface area (Å²) in [6.07, 6.45) is 0. The molecule has 0 aliphatic carbocycles. The number of nitrogens with zero attached hydrogens (tertiary/aromatic N) is 1. The van der Waals surface area contributed by atoms with E-state index < -0.39 is 11.6 Å². The first-order valence-corrected chi connectivity index (χ1v) is 6.92. The molecular weight excluding hydrogens is 300 g/mol. The van der Waals surface area contributed by atoms with Crippen LogP contribution in [-0.2, 0) is 4.74 Å². The Kier molecular flexibility index (Phi) is 4.81. The second kappa shape index (κ2) is 6.59. The lowest BCUT2D eigenvalue weighted by atomic mass is 10.3. The number of nitrogens with two attached hydrogens (primary N) is 1. The minimum absolute atomic E-state index is 0.0759. The molecule has 0 unspecified atom stereocenters. The molecule has 0 saturated carbocycles. The van der Waals surface area contributed by atoms with E-state index in [4.69, 9.17) is 10.5 Å². The summed E-state index contributed by atoms with van der Waals surface area (Å²) in [5.74, 6) is -2.11. The maximum absolute atomic E-state index is 13.1. The van der Waals surface area contributed by atoms with Crippen LogP contribution in [0.5, 0.6) is 0 Å². The van der Waals surface area contributed by atoms with Gasteiger partial charge in [-0.2, -0.15) is 0 Å². The first kappa shape index (κ1) is 15.3. The number of anilines is 3. The molecule has 1 aromatic carbocycles. The van der Waals surface area contributed by atoms with E-state index in [0.29, 0.717) is 17.4 Å². The SMILES string of the molecule is CCOCC(=O)c1sc(Nc2ccc(F)c(F)c2)nc1N. The minimum Gasteiger partial charge on any atom is -0.382 e. The Morgan fingerprint density at radius 1 is 1.43 bits per heavy atom. The van der Waals surface area contributed by atoms with Gasteiger partial charge in [0.25, 0.3) is 0 Å². The number of carbonyl (C=O) groups is 1. The van der Waals surface area contributed by atoms with Gasteiger partial charge in [0, 0.05) is 18.4 Å². The number of ketones is 1. The Morgan fingerprint density at radius 2 is 2.19 bits per heavy atom. The van der Waals surface area contributed by atoms with Gasteiger partial charge in [-0.15, -0.1) is 0 Å². The number of hydrogen-bond acceptors (Lipinski definition) is 6. The number of nitrogens with one attached hydrogen (secondary N) is 1. The van der Waals surface area contributed by atoms with Crippen LogP contribution in [0.3, 0.4) is 0 Å². The van der Waals surface area contributed by atoms with Crippen molar-refractivity contribution in [3.8, 4) is 0 Å². The van der Waals surface area contributed by atoms with Gasteiger partial charge >= 0.3 is 0 Å². The Morgan fingerprint density at radius 3 is 2.86 bits per heavy atom. The summed E-state index contributed by atoms with van der Waals surface area (Å²) >= 11 is 1.03. The smallest absolute Gasteiger partial charge is 0.202 e. The number of carbonyl (C=O) groups excluding carboxylic acids is 1. The van der Waals surface area contributed by atoms with Crippen LogP contribution in [0.4, 0.5) is 25.4 Å². The molecule has 3 N–H and O–H groups in total. The molecule has 0 aliphatic heterocycles. The highest BCUT2D eigenvalue weighted by Gasteiger charge is 2.16. The third-order valence-electron chi connectivity index (χ3n) is 2.51. The summed E-state index contributed by atoms with van der Waals surface area (Å²) in [6, 6.07) is 3.35. The van der Waals surface area contributed by atoms with Crippen LogP contribution in [0.15, 0.2) is 18.2 Å². The van der Waals surface area contributed by atoms with Crippen molar-refractivity contribution >= 4 is 33.8 Å². The average Bonchev–Trinajstić information content (AvgIpc) is 2.81. The zero-order valence-corrected chi connectivity index (χ0v) is 12.0. The molecule has 2 rings (SSSR count). The van der Waals surface area contributed by atoms with Gasteiger partial charge in [0.2, 0.25) is 5.78 Å². The van der Waals surface area contributed by atoms with Gasteiger partial charge in [-0.3, -0.25) is 4.79 Å². The summed E-state index contributed by atoms with van der Waals surface area (Å²) in [6.45, 7) is 2.12. The van der Waals surface area contributed by atoms with Gasteiger partial charge in [0.05, 0.1) is 0 Å². The number of rotatable bonds is 6. The van der Waals surface area contributed by atoms with Crippen molar-refractivity contribution in [1.82, 2.24) is 4.98 Å². The molecule has 5 nitrogen and oxygen atoms in total. The van der Waals surface area contributed by atoms with Gasteiger partial charge < -0.3 is 15.8 Å². The van der Waals surface area contributed by atoms with Gasteiger partial charge in [-0.05, 0) is 19.1 Å². The van der Waals surface area contributed by atoms with Crippen molar-refractivity contribution in [2.45, 2.75) is 6.92 Å². The van der Waals surface area contributed by atoms with Crippen molar-refractivity contribution in [3.63, 3.8) is 0 Å². The molecule has 0 spiro atoms. The molecule has 0 aliphatic rings. The number of Topliss-reactive ketones (excluding diaryl/α,β-unsaturated/α-hetero) is 1. The van der Waals surface area contributed by atoms with Crippen LogP contribution < -0.4 is 11.1 Å².